The Morgan fingerprint density at radius 3 is 2.28 bits per heavy atom. The summed E-state index contributed by atoms with van der Waals surface area (Å²) in [6.45, 7) is 3.03. The quantitative estimate of drug-likeness (QED) is 0.788. The molecule has 0 radical (unpaired) electrons. The summed E-state index contributed by atoms with van der Waals surface area (Å²) in [5, 5.41) is 11.8. The monoisotopic (exact) mass is 390 g/mol. The van der Waals surface area contributed by atoms with Crippen LogP contribution in [0.15, 0.2) is 48.5 Å². The Balaban J connectivity index is 1.43. The van der Waals surface area contributed by atoms with Gasteiger partial charge in [-0.2, -0.15) is 5.26 Å². The molecule has 1 fully saturated rings. The van der Waals surface area contributed by atoms with E-state index in [9.17, 15) is 9.59 Å². The lowest BCUT2D eigenvalue weighted by Crippen LogP contribution is -2.34. The molecule has 1 aliphatic heterocycles. The normalized spacial score (nSPS) is 13.3. The van der Waals surface area contributed by atoms with E-state index in [1.807, 2.05) is 53.2 Å². The van der Waals surface area contributed by atoms with Crippen molar-refractivity contribution in [3.63, 3.8) is 0 Å². The van der Waals surface area contributed by atoms with Gasteiger partial charge in [-0.05, 0) is 55.3 Å². The summed E-state index contributed by atoms with van der Waals surface area (Å²) in [5.41, 5.74) is 3.34. The molecule has 1 heterocycles. The second kappa shape index (κ2) is 9.85. The first-order chi connectivity index (χ1) is 14.0. The van der Waals surface area contributed by atoms with Crippen molar-refractivity contribution in [1.29, 1.82) is 5.26 Å². The van der Waals surface area contributed by atoms with E-state index < -0.39 is 0 Å². The number of amides is 2. The summed E-state index contributed by atoms with van der Waals surface area (Å²) in [4.78, 5) is 28.4. The molecular weight excluding hydrogens is 364 g/mol. The van der Waals surface area contributed by atoms with Crippen LogP contribution < -0.4 is 5.32 Å². The lowest BCUT2D eigenvalue weighted by atomic mass is 10.1. The van der Waals surface area contributed by atoms with Crippen molar-refractivity contribution in [2.24, 2.45) is 0 Å². The van der Waals surface area contributed by atoms with Gasteiger partial charge in [0, 0.05) is 31.7 Å². The van der Waals surface area contributed by atoms with Gasteiger partial charge in [-0.25, -0.2) is 0 Å². The van der Waals surface area contributed by atoms with E-state index in [1.54, 1.807) is 12.1 Å². The van der Waals surface area contributed by atoms with Crippen molar-refractivity contribution in [1.82, 2.24) is 15.1 Å². The maximum atomic E-state index is 12.4. The molecule has 6 heteroatoms. The Bertz CT molecular complexity index is 879. The Kier molecular flexibility index (Phi) is 6.99. The van der Waals surface area contributed by atoms with Crippen molar-refractivity contribution in [2.45, 2.75) is 25.9 Å². The molecule has 29 heavy (non-hydrogen) atoms. The minimum Gasteiger partial charge on any atom is -0.351 e. The van der Waals surface area contributed by atoms with Crippen LogP contribution in [0.5, 0.6) is 0 Å². The van der Waals surface area contributed by atoms with Crippen LogP contribution in [-0.2, 0) is 17.9 Å². The molecule has 0 atom stereocenters. The Morgan fingerprint density at radius 2 is 1.66 bits per heavy atom. The summed E-state index contributed by atoms with van der Waals surface area (Å²) < 4.78 is 0. The first-order valence-electron chi connectivity index (χ1n) is 9.87. The average molecular weight is 390 g/mol. The predicted molar refractivity (Wildman–Crippen MR) is 111 cm³/mol. The third-order valence-corrected chi connectivity index (χ3v) is 5.03. The third-order valence-electron chi connectivity index (χ3n) is 5.03. The maximum absolute atomic E-state index is 12.4. The van der Waals surface area contributed by atoms with Gasteiger partial charge in [0.25, 0.3) is 5.91 Å². The van der Waals surface area contributed by atoms with E-state index in [0.29, 0.717) is 24.2 Å². The van der Waals surface area contributed by atoms with Crippen molar-refractivity contribution in [3.8, 4) is 6.07 Å². The zero-order chi connectivity index (χ0) is 20.6. The molecule has 0 saturated carbocycles. The van der Waals surface area contributed by atoms with Crippen molar-refractivity contribution in [3.05, 3.63) is 70.8 Å². The van der Waals surface area contributed by atoms with Gasteiger partial charge in [0.05, 0.1) is 18.2 Å². The number of likely N-dealkylation sites (tertiary alicyclic amines) is 1. The third kappa shape index (κ3) is 5.90. The number of hydrogen-bond acceptors (Lipinski definition) is 4. The lowest BCUT2D eigenvalue weighted by molar-refractivity contribution is -0.122. The Labute approximate surface area is 171 Å². The van der Waals surface area contributed by atoms with Crippen LogP contribution in [0.3, 0.4) is 0 Å². The van der Waals surface area contributed by atoms with E-state index in [1.165, 1.54) is 0 Å². The van der Waals surface area contributed by atoms with Gasteiger partial charge in [-0.15, -0.1) is 0 Å². The smallest absolute Gasteiger partial charge is 0.253 e. The van der Waals surface area contributed by atoms with Crippen LogP contribution in [0.25, 0.3) is 0 Å². The maximum Gasteiger partial charge on any atom is 0.253 e. The van der Waals surface area contributed by atoms with Crippen LogP contribution in [0.2, 0.25) is 0 Å². The molecule has 1 aliphatic rings. The highest BCUT2D eigenvalue weighted by atomic mass is 16.2. The van der Waals surface area contributed by atoms with Gasteiger partial charge in [0.15, 0.2) is 0 Å². The number of hydrogen-bond donors (Lipinski definition) is 1. The fourth-order valence-electron chi connectivity index (χ4n) is 3.42. The van der Waals surface area contributed by atoms with Gasteiger partial charge >= 0.3 is 0 Å². The SMILES string of the molecule is CN(CC(=O)NCc1ccc(C(=O)N2CCCC2)cc1)Cc1ccc(C#N)cc1. The van der Waals surface area contributed by atoms with Gasteiger partial charge in [-0.1, -0.05) is 24.3 Å². The average Bonchev–Trinajstić information content (AvgIpc) is 3.27. The number of carbonyl (C=O) groups is 2. The van der Waals surface area contributed by atoms with Gasteiger partial charge in [0.1, 0.15) is 0 Å². The number of rotatable bonds is 7. The summed E-state index contributed by atoms with van der Waals surface area (Å²) in [6.07, 6.45) is 2.16. The van der Waals surface area contributed by atoms with Crippen LogP contribution in [0.4, 0.5) is 0 Å². The highest BCUT2D eigenvalue weighted by Gasteiger charge is 2.19. The molecule has 1 N–H and O–H groups in total. The van der Waals surface area contributed by atoms with Crippen LogP contribution >= 0.6 is 0 Å². The first-order valence-corrected chi connectivity index (χ1v) is 9.87. The van der Waals surface area contributed by atoms with Crippen molar-refractivity contribution < 1.29 is 9.59 Å². The predicted octanol–water partition coefficient (Wildman–Crippen LogP) is 2.54. The summed E-state index contributed by atoms with van der Waals surface area (Å²) in [7, 11) is 1.89. The number of nitrogens with one attached hydrogen (secondary N) is 1. The molecular formula is C23H26N4O2. The lowest BCUT2D eigenvalue weighted by Gasteiger charge is -2.17. The number of likely N-dealkylation sites (N-methyl/N-ethyl adjacent to an activating group) is 1. The van der Waals surface area contributed by atoms with E-state index in [-0.39, 0.29) is 18.4 Å². The van der Waals surface area contributed by atoms with Gasteiger partial charge in [-0.3, -0.25) is 14.5 Å². The van der Waals surface area contributed by atoms with Crippen LogP contribution in [0.1, 0.15) is 39.9 Å². The molecule has 6 nitrogen and oxygen atoms in total. The number of nitrogens with zero attached hydrogens (tertiary/aromatic N) is 3. The number of nitriles is 1. The molecule has 150 valence electrons. The van der Waals surface area contributed by atoms with E-state index >= 15 is 0 Å². The molecule has 0 spiro atoms. The fraction of sp³-hybridized carbons (Fsp3) is 0.348. The second-order valence-electron chi connectivity index (χ2n) is 7.45. The Hall–Kier alpha value is -3.17. The highest BCUT2D eigenvalue weighted by Crippen LogP contribution is 2.13. The highest BCUT2D eigenvalue weighted by molar-refractivity contribution is 5.94. The molecule has 1 saturated heterocycles. The minimum absolute atomic E-state index is 0.0571. The second-order valence-corrected chi connectivity index (χ2v) is 7.45. The van der Waals surface area contributed by atoms with E-state index in [4.69, 9.17) is 5.26 Å². The first kappa shape index (κ1) is 20.6. The zero-order valence-corrected chi connectivity index (χ0v) is 16.7. The number of carbonyl (C=O) groups excluding carboxylic acids is 2. The van der Waals surface area contributed by atoms with Crippen LogP contribution in [0, 0.1) is 11.3 Å². The Morgan fingerprint density at radius 1 is 1.03 bits per heavy atom. The minimum atomic E-state index is -0.0571. The number of benzene rings is 2. The molecule has 0 aromatic heterocycles. The van der Waals surface area contributed by atoms with E-state index in [0.717, 1.165) is 37.1 Å². The molecule has 0 unspecified atom stereocenters. The zero-order valence-electron chi connectivity index (χ0n) is 16.7. The van der Waals surface area contributed by atoms with Crippen molar-refractivity contribution >= 4 is 11.8 Å². The molecule has 0 bridgehead atoms. The molecule has 2 aromatic carbocycles. The van der Waals surface area contributed by atoms with Gasteiger partial charge in [0.2, 0.25) is 5.91 Å². The molecule has 2 amide bonds. The van der Waals surface area contributed by atoms with Crippen LogP contribution in [-0.4, -0.2) is 48.3 Å². The summed E-state index contributed by atoms with van der Waals surface area (Å²) in [5.74, 6) is 0.0286. The topological polar surface area (TPSA) is 76.4 Å². The molecule has 3 rings (SSSR count). The summed E-state index contributed by atoms with van der Waals surface area (Å²) >= 11 is 0. The summed E-state index contributed by atoms with van der Waals surface area (Å²) in [6, 6.07) is 16.9. The molecule has 0 aliphatic carbocycles. The molecule has 2 aromatic rings. The largest absolute Gasteiger partial charge is 0.351 e. The van der Waals surface area contributed by atoms with Crippen molar-refractivity contribution in [2.75, 3.05) is 26.7 Å². The fourth-order valence-corrected chi connectivity index (χ4v) is 3.42. The van der Waals surface area contributed by atoms with E-state index in [2.05, 4.69) is 11.4 Å². The standard InChI is InChI=1S/C23H26N4O2/c1-26(16-20-6-4-18(14-24)5-7-20)17-22(28)25-15-19-8-10-21(11-9-19)23(29)27-12-2-3-13-27/h4-11H,2-3,12-13,15-17H2,1H3,(H,25,28). The van der Waals surface area contributed by atoms with Gasteiger partial charge < -0.3 is 10.2 Å².